The minimum Gasteiger partial charge on any atom is -0.350 e. The van der Waals surface area contributed by atoms with Gasteiger partial charge in [0.1, 0.15) is 0 Å². The summed E-state index contributed by atoms with van der Waals surface area (Å²) in [4.78, 5) is 11.8. The van der Waals surface area contributed by atoms with E-state index in [1.807, 2.05) is 0 Å². The van der Waals surface area contributed by atoms with E-state index >= 15 is 0 Å². The van der Waals surface area contributed by atoms with Gasteiger partial charge in [-0.15, -0.1) is 24.8 Å². The summed E-state index contributed by atoms with van der Waals surface area (Å²) in [5.74, 6) is -0.777. The molecule has 0 saturated carbocycles. The number of carbonyl (C=O) groups excluding carboxylic acids is 1. The van der Waals surface area contributed by atoms with Gasteiger partial charge in [0.25, 0.3) is 5.91 Å². The Labute approximate surface area is 139 Å². The number of benzene rings is 1. The summed E-state index contributed by atoms with van der Waals surface area (Å²) in [6.07, 6.45) is -3.25. The first kappa shape index (κ1) is 23.2. The normalized spacial score (nSPS) is 11.9. The van der Waals surface area contributed by atoms with Crippen molar-refractivity contribution in [3.63, 3.8) is 0 Å². The van der Waals surface area contributed by atoms with Crippen LogP contribution in [-0.4, -0.2) is 25.0 Å². The molecule has 0 aliphatic carbocycles. The zero-order chi connectivity index (χ0) is 15.2. The first-order valence-electron chi connectivity index (χ1n) is 6.26. The van der Waals surface area contributed by atoms with Gasteiger partial charge in [0.2, 0.25) is 0 Å². The van der Waals surface area contributed by atoms with Crippen LogP contribution in [0, 0.1) is 0 Å². The van der Waals surface area contributed by atoms with E-state index in [-0.39, 0.29) is 37.4 Å². The van der Waals surface area contributed by atoms with Crippen molar-refractivity contribution in [3.05, 3.63) is 35.4 Å². The Morgan fingerprint density at radius 3 is 2.36 bits per heavy atom. The molecule has 0 heterocycles. The summed E-state index contributed by atoms with van der Waals surface area (Å²) in [7, 11) is 0. The molecular weight excluding hydrogens is 342 g/mol. The van der Waals surface area contributed by atoms with Crippen LogP contribution >= 0.6 is 24.8 Å². The van der Waals surface area contributed by atoms with E-state index in [9.17, 15) is 18.0 Å². The van der Waals surface area contributed by atoms with Crippen LogP contribution in [0.5, 0.6) is 0 Å². The van der Waals surface area contributed by atoms with E-state index in [0.717, 1.165) is 12.1 Å². The fourth-order valence-corrected chi connectivity index (χ4v) is 1.73. The van der Waals surface area contributed by atoms with Crippen LogP contribution in [0.3, 0.4) is 0 Å². The Morgan fingerprint density at radius 2 is 1.82 bits per heavy atom. The molecule has 1 atom stereocenters. The summed E-state index contributed by atoms with van der Waals surface area (Å²) < 4.78 is 38.3. The summed E-state index contributed by atoms with van der Waals surface area (Å²) in [6, 6.07) is 4.33. The van der Waals surface area contributed by atoms with Crippen molar-refractivity contribution in [2.24, 2.45) is 11.5 Å². The van der Waals surface area contributed by atoms with Crippen molar-refractivity contribution in [2.45, 2.75) is 25.1 Å². The largest absolute Gasteiger partial charge is 0.417 e. The standard InChI is InChI=1S/C13H18F3N3O.2ClH/c14-13(15,16)11-6-2-1-5-10(11)12(20)19-8-9(18)4-3-7-17;;/h1-2,5-6,9H,3-4,7-8,17-18H2,(H,19,20);2*1H/t9-;;/m0../s1. The van der Waals surface area contributed by atoms with E-state index < -0.39 is 23.2 Å². The molecule has 1 amide bonds. The molecule has 22 heavy (non-hydrogen) atoms. The van der Waals surface area contributed by atoms with Crippen LogP contribution in [0.25, 0.3) is 0 Å². The van der Waals surface area contributed by atoms with E-state index in [1.54, 1.807) is 0 Å². The minimum atomic E-state index is -4.56. The Hall–Kier alpha value is -1.02. The predicted molar refractivity (Wildman–Crippen MR) is 84.5 cm³/mol. The predicted octanol–water partition coefficient (Wildman–Crippen LogP) is 2.35. The highest BCUT2D eigenvalue weighted by Crippen LogP contribution is 2.31. The molecule has 0 aromatic heterocycles. The fourth-order valence-electron chi connectivity index (χ4n) is 1.73. The molecule has 0 aliphatic heterocycles. The molecule has 0 saturated heterocycles. The number of amides is 1. The lowest BCUT2D eigenvalue weighted by Crippen LogP contribution is -2.38. The number of halogens is 5. The van der Waals surface area contributed by atoms with Gasteiger partial charge >= 0.3 is 6.18 Å². The maximum Gasteiger partial charge on any atom is 0.417 e. The van der Waals surface area contributed by atoms with Crippen molar-refractivity contribution in [3.8, 4) is 0 Å². The van der Waals surface area contributed by atoms with Crippen molar-refractivity contribution < 1.29 is 18.0 Å². The molecule has 1 aromatic carbocycles. The van der Waals surface area contributed by atoms with Crippen LogP contribution in [0.15, 0.2) is 24.3 Å². The molecule has 9 heteroatoms. The lowest BCUT2D eigenvalue weighted by atomic mass is 10.1. The number of carbonyl (C=O) groups is 1. The highest BCUT2D eigenvalue weighted by molar-refractivity contribution is 5.95. The second-order valence-electron chi connectivity index (χ2n) is 4.44. The minimum absolute atomic E-state index is 0. The molecule has 1 aromatic rings. The van der Waals surface area contributed by atoms with Crippen LogP contribution in [0.4, 0.5) is 13.2 Å². The monoisotopic (exact) mass is 361 g/mol. The number of nitrogens with one attached hydrogen (secondary N) is 1. The van der Waals surface area contributed by atoms with Crippen LogP contribution in [0.2, 0.25) is 0 Å². The zero-order valence-corrected chi connectivity index (χ0v) is 13.4. The number of hydrogen-bond donors (Lipinski definition) is 3. The third-order valence-electron chi connectivity index (χ3n) is 2.78. The third kappa shape index (κ3) is 7.31. The number of nitrogens with two attached hydrogens (primary N) is 2. The summed E-state index contributed by atoms with van der Waals surface area (Å²) >= 11 is 0. The van der Waals surface area contributed by atoms with Gasteiger partial charge in [-0.25, -0.2) is 0 Å². The number of hydrogen-bond acceptors (Lipinski definition) is 3. The van der Waals surface area contributed by atoms with Crippen molar-refractivity contribution in [1.29, 1.82) is 0 Å². The summed E-state index contributed by atoms with van der Waals surface area (Å²) in [5, 5.41) is 2.42. The highest BCUT2D eigenvalue weighted by Gasteiger charge is 2.34. The van der Waals surface area contributed by atoms with Crippen molar-refractivity contribution in [1.82, 2.24) is 5.32 Å². The van der Waals surface area contributed by atoms with Gasteiger partial charge in [0.05, 0.1) is 11.1 Å². The fraction of sp³-hybridized carbons (Fsp3) is 0.462. The van der Waals surface area contributed by atoms with Gasteiger partial charge < -0.3 is 16.8 Å². The molecule has 0 spiro atoms. The molecular formula is C13H20Cl2F3N3O. The van der Waals surface area contributed by atoms with E-state index in [1.165, 1.54) is 12.1 Å². The Morgan fingerprint density at radius 1 is 1.23 bits per heavy atom. The van der Waals surface area contributed by atoms with Gasteiger partial charge in [0.15, 0.2) is 0 Å². The first-order valence-corrected chi connectivity index (χ1v) is 6.26. The van der Waals surface area contributed by atoms with Crippen molar-refractivity contribution in [2.75, 3.05) is 13.1 Å². The molecule has 1 rings (SSSR count). The van der Waals surface area contributed by atoms with Gasteiger partial charge in [-0.1, -0.05) is 12.1 Å². The molecule has 0 aliphatic rings. The van der Waals surface area contributed by atoms with E-state index in [2.05, 4.69) is 5.32 Å². The second-order valence-corrected chi connectivity index (χ2v) is 4.44. The third-order valence-corrected chi connectivity index (χ3v) is 2.78. The van der Waals surface area contributed by atoms with Crippen molar-refractivity contribution >= 4 is 30.7 Å². The smallest absolute Gasteiger partial charge is 0.350 e. The second kappa shape index (κ2) is 10.7. The quantitative estimate of drug-likeness (QED) is 0.727. The van der Waals surface area contributed by atoms with Gasteiger partial charge in [0, 0.05) is 12.6 Å². The lowest BCUT2D eigenvalue weighted by molar-refractivity contribution is -0.137. The van der Waals surface area contributed by atoms with Gasteiger partial charge in [-0.05, 0) is 31.5 Å². The van der Waals surface area contributed by atoms with E-state index in [4.69, 9.17) is 11.5 Å². The van der Waals surface area contributed by atoms with Crippen LogP contribution in [0.1, 0.15) is 28.8 Å². The summed E-state index contributed by atoms with van der Waals surface area (Å²) in [6.45, 7) is 0.601. The molecule has 0 radical (unpaired) electrons. The number of alkyl halides is 3. The van der Waals surface area contributed by atoms with Gasteiger partial charge in [-0.2, -0.15) is 13.2 Å². The molecule has 4 nitrogen and oxygen atoms in total. The lowest BCUT2D eigenvalue weighted by Gasteiger charge is -2.15. The molecule has 0 unspecified atom stereocenters. The molecule has 0 fully saturated rings. The highest BCUT2D eigenvalue weighted by atomic mass is 35.5. The zero-order valence-electron chi connectivity index (χ0n) is 11.7. The maximum atomic E-state index is 12.8. The first-order chi connectivity index (χ1) is 9.36. The Balaban J connectivity index is 0. The van der Waals surface area contributed by atoms with Gasteiger partial charge in [-0.3, -0.25) is 4.79 Å². The molecule has 128 valence electrons. The van der Waals surface area contributed by atoms with Crippen LogP contribution in [-0.2, 0) is 6.18 Å². The topological polar surface area (TPSA) is 81.1 Å². The summed E-state index contributed by atoms with van der Waals surface area (Å²) in [5.41, 5.74) is 9.69. The number of rotatable bonds is 6. The van der Waals surface area contributed by atoms with E-state index in [0.29, 0.717) is 19.4 Å². The average molecular weight is 362 g/mol. The average Bonchev–Trinajstić information content (AvgIpc) is 2.41. The van der Waals surface area contributed by atoms with Crippen LogP contribution < -0.4 is 16.8 Å². The Bertz CT molecular complexity index is 458. The molecule has 5 N–H and O–H groups in total. The Kier molecular flexibility index (Phi) is 11.3. The molecule has 0 bridgehead atoms. The SMILES string of the molecule is Cl.Cl.NCCC[C@H](N)CNC(=O)c1ccccc1C(F)(F)F. The maximum absolute atomic E-state index is 12.8.